The summed E-state index contributed by atoms with van der Waals surface area (Å²) in [4.78, 5) is 23.7. The summed E-state index contributed by atoms with van der Waals surface area (Å²) in [6.45, 7) is -0.187. The molecule has 0 unspecified atom stereocenters. The van der Waals surface area contributed by atoms with Gasteiger partial charge in [-0.1, -0.05) is 0 Å². The van der Waals surface area contributed by atoms with Crippen molar-refractivity contribution in [2.75, 3.05) is 11.9 Å². The fourth-order valence-corrected chi connectivity index (χ4v) is 3.30. The van der Waals surface area contributed by atoms with E-state index in [4.69, 9.17) is 4.74 Å². The van der Waals surface area contributed by atoms with E-state index in [1.165, 1.54) is 0 Å². The number of hydrogen-bond donors (Lipinski definition) is 3. The standard InChI is InChI=1S/C17H19N5O4/c1-22-14(7-23)20-21-16(22)10-4-11(5-10)18-17(25)9-2-3-12-13(6-9)26-8-15(24)19-12/h2-3,6,10-11,23H,4-5,7-8H2,1H3,(H,18,25)(H,19,24). The summed E-state index contributed by atoms with van der Waals surface area (Å²) < 4.78 is 7.15. The molecular weight excluding hydrogens is 338 g/mol. The number of aliphatic hydroxyl groups excluding tert-OH is 1. The number of anilines is 1. The normalized spacial score (nSPS) is 21.2. The Labute approximate surface area is 149 Å². The quantitative estimate of drug-likeness (QED) is 0.725. The molecule has 9 nitrogen and oxygen atoms in total. The van der Waals surface area contributed by atoms with Crippen molar-refractivity contribution in [1.82, 2.24) is 20.1 Å². The van der Waals surface area contributed by atoms with Crippen LogP contribution in [-0.2, 0) is 18.4 Å². The van der Waals surface area contributed by atoms with Crippen LogP contribution in [0.1, 0.15) is 40.8 Å². The maximum absolute atomic E-state index is 12.4. The molecule has 0 bridgehead atoms. The Morgan fingerprint density at radius 1 is 1.42 bits per heavy atom. The summed E-state index contributed by atoms with van der Waals surface area (Å²) in [6.07, 6.45) is 1.56. The Morgan fingerprint density at radius 3 is 2.96 bits per heavy atom. The van der Waals surface area contributed by atoms with Crippen LogP contribution < -0.4 is 15.4 Å². The van der Waals surface area contributed by atoms with E-state index < -0.39 is 0 Å². The molecule has 1 aliphatic carbocycles. The molecule has 0 atom stereocenters. The average Bonchev–Trinajstić information content (AvgIpc) is 2.97. The molecule has 1 saturated carbocycles. The molecule has 0 saturated heterocycles. The first-order chi connectivity index (χ1) is 12.5. The van der Waals surface area contributed by atoms with Crippen molar-refractivity contribution in [3.63, 3.8) is 0 Å². The lowest BCUT2D eigenvalue weighted by molar-refractivity contribution is -0.118. The number of aliphatic hydroxyl groups is 1. The summed E-state index contributed by atoms with van der Waals surface area (Å²) in [7, 11) is 1.83. The van der Waals surface area contributed by atoms with E-state index >= 15 is 0 Å². The molecule has 0 radical (unpaired) electrons. The van der Waals surface area contributed by atoms with Gasteiger partial charge < -0.3 is 25.0 Å². The van der Waals surface area contributed by atoms with Crippen LogP contribution in [0.5, 0.6) is 5.75 Å². The molecule has 4 rings (SSSR count). The van der Waals surface area contributed by atoms with Crippen LogP contribution in [0.2, 0.25) is 0 Å². The zero-order chi connectivity index (χ0) is 18.3. The summed E-state index contributed by atoms with van der Waals surface area (Å²) in [6, 6.07) is 5.03. The number of carbonyl (C=O) groups excluding carboxylic acids is 2. The monoisotopic (exact) mass is 357 g/mol. The van der Waals surface area contributed by atoms with Crippen molar-refractivity contribution in [1.29, 1.82) is 0 Å². The van der Waals surface area contributed by atoms with Gasteiger partial charge in [0.2, 0.25) is 0 Å². The van der Waals surface area contributed by atoms with Crippen molar-refractivity contribution < 1.29 is 19.4 Å². The van der Waals surface area contributed by atoms with E-state index in [9.17, 15) is 14.7 Å². The fourth-order valence-electron chi connectivity index (χ4n) is 3.30. The van der Waals surface area contributed by atoms with Gasteiger partial charge in [0.15, 0.2) is 12.4 Å². The molecule has 2 aliphatic rings. The number of benzene rings is 1. The van der Waals surface area contributed by atoms with Gasteiger partial charge in [0.25, 0.3) is 11.8 Å². The van der Waals surface area contributed by atoms with E-state index in [-0.39, 0.29) is 37.0 Å². The van der Waals surface area contributed by atoms with Crippen LogP contribution >= 0.6 is 0 Å². The minimum atomic E-state index is -0.205. The van der Waals surface area contributed by atoms with Crippen LogP contribution in [0.15, 0.2) is 18.2 Å². The first-order valence-corrected chi connectivity index (χ1v) is 8.41. The highest BCUT2D eigenvalue weighted by molar-refractivity contribution is 5.99. The van der Waals surface area contributed by atoms with Crippen molar-refractivity contribution >= 4 is 17.5 Å². The largest absolute Gasteiger partial charge is 0.482 e. The molecule has 26 heavy (non-hydrogen) atoms. The number of nitrogens with zero attached hydrogens (tertiary/aromatic N) is 3. The molecule has 136 valence electrons. The summed E-state index contributed by atoms with van der Waals surface area (Å²) in [5, 5.41) is 23.0. The van der Waals surface area contributed by atoms with E-state index in [1.54, 1.807) is 22.8 Å². The second-order valence-corrected chi connectivity index (χ2v) is 6.58. The van der Waals surface area contributed by atoms with Gasteiger partial charge in [-0.3, -0.25) is 9.59 Å². The minimum absolute atomic E-state index is 0.0457. The van der Waals surface area contributed by atoms with Gasteiger partial charge >= 0.3 is 0 Å². The fraction of sp³-hybridized carbons (Fsp3) is 0.412. The molecule has 1 fully saturated rings. The minimum Gasteiger partial charge on any atom is -0.482 e. The molecule has 9 heteroatoms. The zero-order valence-electron chi connectivity index (χ0n) is 14.2. The van der Waals surface area contributed by atoms with E-state index in [0.29, 0.717) is 22.8 Å². The molecule has 0 spiro atoms. The highest BCUT2D eigenvalue weighted by Gasteiger charge is 2.35. The van der Waals surface area contributed by atoms with Gasteiger partial charge in [0.1, 0.15) is 18.2 Å². The molecular formula is C17H19N5O4. The zero-order valence-corrected chi connectivity index (χ0v) is 14.2. The second-order valence-electron chi connectivity index (χ2n) is 6.58. The summed E-state index contributed by atoms with van der Waals surface area (Å²) in [5.41, 5.74) is 1.06. The lowest BCUT2D eigenvalue weighted by atomic mass is 9.79. The molecule has 3 N–H and O–H groups in total. The number of carbonyl (C=O) groups is 2. The van der Waals surface area contributed by atoms with Crippen LogP contribution in [0.25, 0.3) is 0 Å². The lowest BCUT2D eigenvalue weighted by Crippen LogP contribution is -2.44. The lowest BCUT2D eigenvalue weighted by Gasteiger charge is -2.35. The molecule has 2 heterocycles. The predicted octanol–water partition coefficient (Wildman–Crippen LogP) is 0.314. The molecule has 1 aromatic carbocycles. The Bertz CT molecular complexity index is 872. The van der Waals surface area contributed by atoms with Crippen LogP contribution in [-0.4, -0.2) is 44.3 Å². The third-order valence-corrected chi connectivity index (χ3v) is 4.86. The number of ether oxygens (including phenoxy) is 1. The number of fused-ring (bicyclic) bond motifs is 1. The van der Waals surface area contributed by atoms with E-state index in [1.807, 2.05) is 7.05 Å². The number of nitrogens with one attached hydrogen (secondary N) is 2. The smallest absolute Gasteiger partial charge is 0.262 e. The molecule has 1 aromatic heterocycles. The first kappa shape index (κ1) is 16.5. The van der Waals surface area contributed by atoms with Gasteiger partial charge in [0.05, 0.1) is 5.69 Å². The maximum atomic E-state index is 12.4. The Balaban J connectivity index is 1.36. The van der Waals surface area contributed by atoms with Crippen LogP contribution in [0, 0.1) is 0 Å². The highest BCUT2D eigenvalue weighted by atomic mass is 16.5. The summed E-state index contributed by atoms with van der Waals surface area (Å²) >= 11 is 0. The Hall–Kier alpha value is -2.94. The Morgan fingerprint density at radius 2 is 2.23 bits per heavy atom. The van der Waals surface area contributed by atoms with E-state index in [2.05, 4.69) is 20.8 Å². The van der Waals surface area contributed by atoms with Crippen molar-refractivity contribution in [2.45, 2.75) is 31.4 Å². The average molecular weight is 357 g/mol. The van der Waals surface area contributed by atoms with Crippen molar-refractivity contribution in [2.24, 2.45) is 7.05 Å². The molecule has 1 aliphatic heterocycles. The maximum Gasteiger partial charge on any atom is 0.262 e. The topological polar surface area (TPSA) is 118 Å². The molecule has 2 amide bonds. The van der Waals surface area contributed by atoms with Crippen molar-refractivity contribution in [3.05, 3.63) is 35.4 Å². The Kier molecular flexibility index (Phi) is 4.08. The van der Waals surface area contributed by atoms with Crippen LogP contribution in [0.3, 0.4) is 0 Å². The molecule has 2 aromatic rings. The number of rotatable bonds is 4. The van der Waals surface area contributed by atoms with E-state index in [0.717, 1.165) is 18.7 Å². The SMILES string of the molecule is Cn1c(CO)nnc1C1CC(NC(=O)c2ccc3c(c2)OCC(=O)N3)C1. The number of amides is 2. The summed E-state index contributed by atoms with van der Waals surface area (Å²) in [5.74, 6) is 1.71. The predicted molar refractivity (Wildman–Crippen MR) is 90.7 cm³/mol. The number of aromatic nitrogens is 3. The number of hydrogen-bond acceptors (Lipinski definition) is 6. The third kappa shape index (κ3) is 2.90. The van der Waals surface area contributed by atoms with Gasteiger partial charge in [-0.05, 0) is 31.0 Å². The van der Waals surface area contributed by atoms with Crippen LogP contribution in [0.4, 0.5) is 5.69 Å². The highest BCUT2D eigenvalue weighted by Crippen LogP contribution is 2.36. The van der Waals surface area contributed by atoms with Gasteiger partial charge in [-0.25, -0.2) is 0 Å². The van der Waals surface area contributed by atoms with Gasteiger partial charge in [-0.15, -0.1) is 10.2 Å². The second kappa shape index (κ2) is 6.41. The first-order valence-electron chi connectivity index (χ1n) is 8.41. The third-order valence-electron chi connectivity index (χ3n) is 4.86. The van der Waals surface area contributed by atoms with Gasteiger partial charge in [0, 0.05) is 24.6 Å². The van der Waals surface area contributed by atoms with Crippen molar-refractivity contribution in [3.8, 4) is 5.75 Å². The van der Waals surface area contributed by atoms with Gasteiger partial charge in [-0.2, -0.15) is 0 Å².